The molecule has 2 aromatic carbocycles. The van der Waals surface area contributed by atoms with E-state index in [4.69, 9.17) is 9.47 Å². The molecule has 1 aliphatic heterocycles. The fraction of sp³-hybridized carbons (Fsp3) is 0.458. The third-order valence-corrected chi connectivity index (χ3v) is 7.68. The van der Waals surface area contributed by atoms with Crippen LogP contribution in [0.1, 0.15) is 36.0 Å². The van der Waals surface area contributed by atoms with Crippen molar-refractivity contribution in [1.82, 2.24) is 10.6 Å². The topological polar surface area (TPSA) is 109 Å². The van der Waals surface area contributed by atoms with E-state index in [0.29, 0.717) is 22.7 Å². The first-order chi connectivity index (χ1) is 16.4. The summed E-state index contributed by atoms with van der Waals surface area (Å²) in [4.78, 5) is 15.0. The quantitative estimate of drug-likeness (QED) is 0.524. The van der Waals surface area contributed by atoms with Gasteiger partial charge >= 0.3 is 0 Å². The lowest BCUT2D eigenvalue weighted by Crippen LogP contribution is -2.43. The van der Waals surface area contributed by atoms with Gasteiger partial charge in [0.05, 0.1) is 30.5 Å². The third-order valence-electron chi connectivity index (χ3n) is 6.32. The second-order valence-electron chi connectivity index (χ2n) is 8.55. The van der Waals surface area contributed by atoms with E-state index in [-0.39, 0.29) is 16.8 Å². The summed E-state index contributed by atoms with van der Waals surface area (Å²) in [5.74, 6) is 0.566. The number of ether oxygens (including phenoxy) is 2. The zero-order valence-electron chi connectivity index (χ0n) is 19.6. The molecule has 2 aliphatic rings. The van der Waals surface area contributed by atoms with Gasteiger partial charge in [-0.2, -0.15) is 0 Å². The molecule has 1 amide bonds. The van der Waals surface area contributed by atoms with E-state index in [0.717, 1.165) is 57.5 Å². The molecule has 0 radical (unpaired) electrons. The van der Waals surface area contributed by atoms with Crippen LogP contribution in [0.4, 0.5) is 11.4 Å². The summed E-state index contributed by atoms with van der Waals surface area (Å²) in [7, 11) is -1.01. The first-order valence-corrected chi connectivity index (χ1v) is 13.0. The van der Waals surface area contributed by atoms with Crippen LogP contribution in [0.25, 0.3) is 0 Å². The lowest BCUT2D eigenvalue weighted by molar-refractivity contribution is 0.0938. The monoisotopic (exact) mass is 488 g/mol. The third kappa shape index (κ3) is 5.39. The van der Waals surface area contributed by atoms with E-state index >= 15 is 0 Å². The van der Waals surface area contributed by atoms with E-state index in [1.165, 1.54) is 26.4 Å². The summed E-state index contributed by atoms with van der Waals surface area (Å²) in [6, 6.07) is 9.81. The van der Waals surface area contributed by atoms with Gasteiger partial charge in [-0.05, 0) is 43.2 Å². The fourth-order valence-electron chi connectivity index (χ4n) is 4.47. The molecule has 1 saturated heterocycles. The highest BCUT2D eigenvalue weighted by atomic mass is 32.2. The van der Waals surface area contributed by atoms with Crippen molar-refractivity contribution in [2.75, 3.05) is 50.0 Å². The summed E-state index contributed by atoms with van der Waals surface area (Å²) < 4.78 is 39.9. The zero-order valence-corrected chi connectivity index (χ0v) is 20.4. The Bertz CT molecular complexity index is 1130. The summed E-state index contributed by atoms with van der Waals surface area (Å²) >= 11 is 0. The van der Waals surface area contributed by atoms with Crippen molar-refractivity contribution in [3.8, 4) is 11.5 Å². The van der Waals surface area contributed by atoms with Crippen LogP contribution >= 0.6 is 0 Å². The Morgan fingerprint density at radius 2 is 1.71 bits per heavy atom. The van der Waals surface area contributed by atoms with Gasteiger partial charge in [-0.1, -0.05) is 12.8 Å². The van der Waals surface area contributed by atoms with Gasteiger partial charge in [0.15, 0.2) is 11.5 Å². The molecule has 2 aromatic rings. The van der Waals surface area contributed by atoms with Crippen molar-refractivity contribution in [3.05, 3.63) is 42.0 Å². The molecule has 1 saturated carbocycles. The molecule has 4 rings (SSSR count). The molecule has 3 N–H and O–H groups in total. The van der Waals surface area contributed by atoms with Gasteiger partial charge in [-0.25, -0.2) is 8.42 Å². The first kappa shape index (κ1) is 24.2. The van der Waals surface area contributed by atoms with Crippen molar-refractivity contribution in [2.24, 2.45) is 0 Å². The minimum atomic E-state index is -3.96. The Morgan fingerprint density at radius 1 is 1.00 bits per heavy atom. The van der Waals surface area contributed by atoms with Crippen LogP contribution in [0.15, 0.2) is 41.3 Å². The highest BCUT2D eigenvalue weighted by molar-refractivity contribution is 7.92. The molecule has 1 aliphatic carbocycles. The van der Waals surface area contributed by atoms with E-state index in [1.54, 1.807) is 18.2 Å². The van der Waals surface area contributed by atoms with Crippen molar-refractivity contribution < 1.29 is 22.7 Å². The number of piperazine rings is 1. The SMILES string of the molecule is COc1ccc(S(=O)(=O)Nc2cc(C(=O)NC3CCCC3)ccc2N2CCNCC2)cc1OC. The molecule has 10 heteroatoms. The Labute approximate surface area is 200 Å². The van der Waals surface area contributed by atoms with Crippen LogP contribution in [-0.4, -0.2) is 60.8 Å². The lowest BCUT2D eigenvalue weighted by atomic mass is 10.1. The van der Waals surface area contributed by atoms with Crippen LogP contribution in [0, 0.1) is 0 Å². The summed E-state index contributed by atoms with van der Waals surface area (Å²) in [6.07, 6.45) is 4.18. The standard InChI is InChI=1S/C24H32N4O5S/c1-32-22-10-8-19(16-23(22)33-2)34(30,31)27-20-15-17(24(29)26-18-5-3-4-6-18)7-9-21(20)28-13-11-25-12-14-28/h7-10,15-16,18,25,27H,3-6,11-14H2,1-2H3,(H,26,29). The Balaban J connectivity index is 1.66. The van der Waals surface area contributed by atoms with E-state index in [1.807, 2.05) is 6.07 Å². The molecule has 0 bridgehead atoms. The highest BCUT2D eigenvalue weighted by Crippen LogP contribution is 2.33. The van der Waals surface area contributed by atoms with Gasteiger partial charge in [-0.15, -0.1) is 0 Å². The smallest absolute Gasteiger partial charge is 0.262 e. The van der Waals surface area contributed by atoms with Crippen LogP contribution in [0.2, 0.25) is 0 Å². The normalized spacial score (nSPS) is 16.8. The number of rotatable bonds is 8. The average Bonchev–Trinajstić information content (AvgIpc) is 3.36. The number of nitrogens with zero attached hydrogens (tertiary/aromatic N) is 1. The minimum Gasteiger partial charge on any atom is -0.493 e. The number of sulfonamides is 1. The van der Waals surface area contributed by atoms with Gasteiger partial charge in [0.1, 0.15) is 0 Å². The van der Waals surface area contributed by atoms with Crippen LogP contribution < -0.4 is 29.7 Å². The molecule has 9 nitrogen and oxygen atoms in total. The summed E-state index contributed by atoms with van der Waals surface area (Å²) in [6.45, 7) is 3.06. The Kier molecular flexibility index (Phi) is 7.47. The molecular weight excluding hydrogens is 456 g/mol. The number of hydrogen-bond acceptors (Lipinski definition) is 7. The molecule has 34 heavy (non-hydrogen) atoms. The van der Waals surface area contributed by atoms with Gasteiger partial charge in [0.25, 0.3) is 15.9 Å². The number of hydrogen-bond donors (Lipinski definition) is 3. The number of nitrogens with one attached hydrogen (secondary N) is 3. The number of methoxy groups -OCH3 is 2. The predicted molar refractivity (Wildman–Crippen MR) is 132 cm³/mol. The molecule has 0 spiro atoms. The fourth-order valence-corrected chi connectivity index (χ4v) is 5.55. The minimum absolute atomic E-state index is 0.0391. The number of anilines is 2. The molecule has 184 valence electrons. The molecule has 2 fully saturated rings. The number of carbonyl (C=O) groups is 1. The lowest BCUT2D eigenvalue weighted by Gasteiger charge is -2.31. The van der Waals surface area contributed by atoms with Crippen molar-refractivity contribution >= 4 is 27.3 Å². The zero-order chi connectivity index (χ0) is 24.1. The maximum atomic E-state index is 13.3. The molecule has 0 aromatic heterocycles. The van der Waals surface area contributed by atoms with Crippen molar-refractivity contribution in [1.29, 1.82) is 0 Å². The molecule has 0 atom stereocenters. The second kappa shape index (κ2) is 10.5. The van der Waals surface area contributed by atoms with Crippen molar-refractivity contribution in [3.63, 3.8) is 0 Å². The number of benzene rings is 2. The first-order valence-electron chi connectivity index (χ1n) is 11.6. The number of carbonyl (C=O) groups excluding carboxylic acids is 1. The summed E-state index contributed by atoms with van der Waals surface area (Å²) in [5, 5.41) is 6.37. The Hall–Kier alpha value is -2.98. The van der Waals surface area contributed by atoms with Crippen molar-refractivity contribution in [2.45, 2.75) is 36.6 Å². The largest absolute Gasteiger partial charge is 0.493 e. The average molecular weight is 489 g/mol. The predicted octanol–water partition coefficient (Wildman–Crippen LogP) is 2.59. The van der Waals surface area contributed by atoms with Gasteiger partial charge in [0.2, 0.25) is 0 Å². The van der Waals surface area contributed by atoms with Gasteiger partial charge in [0, 0.05) is 43.9 Å². The highest BCUT2D eigenvalue weighted by Gasteiger charge is 2.24. The van der Waals surface area contributed by atoms with Crippen LogP contribution in [-0.2, 0) is 10.0 Å². The molecule has 0 unspecified atom stereocenters. The maximum absolute atomic E-state index is 13.3. The van der Waals surface area contributed by atoms with Gasteiger partial charge in [-0.3, -0.25) is 9.52 Å². The molecular formula is C24H32N4O5S. The van der Waals surface area contributed by atoms with Crippen LogP contribution in [0.3, 0.4) is 0 Å². The summed E-state index contributed by atoms with van der Waals surface area (Å²) in [5.41, 5.74) is 1.54. The molecule has 1 heterocycles. The maximum Gasteiger partial charge on any atom is 0.262 e. The van der Waals surface area contributed by atoms with E-state index in [9.17, 15) is 13.2 Å². The van der Waals surface area contributed by atoms with E-state index < -0.39 is 10.0 Å². The Morgan fingerprint density at radius 3 is 2.38 bits per heavy atom. The van der Waals surface area contributed by atoms with Gasteiger partial charge < -0.3 is 25.0 Å². The second-order valence-corrected chi connectivity index (χ2v) is 10.2. The van der Waals surface area contributed by atoms with Crippen LogP contribution in [0.5, 0.6) is 11.5 Å². The number of amides is 1. The van der Waals surface area contributed by atoms with E-state index in [2.05, 4.69) is 20.3 Å².